The first-order valence-corrected chi connectivity index (χ1v) is 7.01. The number of nitrogens with zero attached hydrogens (tertiary/aromatic N) is 3. The predicted octanol–water partition coefficient (Wildman–Crippen LogP) is 2.93. The van der Waals surface area contributed by atoms with Crippen LogP contribution in [0.1, 0.15) is 18.9 Å². The summed E-state index contributed by atoms with van der Waals surface area (Å²) in [5.41, 5.74) is 0.993. The summed E-state index contributed by atoms with van der Waals surface area (Å²) >= 11 is 5.86. The molecule has 6 nitrogen and oxygen atoms in total. The first kappa shape index (κ1) is 15.3. The molecule has 0 atom stereocenters. The molecule has 0 amide bonds. The zero-order valence-electron chi connectivity index (χ0n) is 12.0. The summed E-state index contributed by atoms with van der Waals surface area (Å²) in [6, 6.07) is 7.93. The SMILES string of the molecule is CCCOc1nc(Cl)nc(NCc2ccccc2OC)n1. The molecule has 0 radical (unpaired) electrons. The van der Waals surface area contributed by atoms with E-state index in [2.05, 4.69) is 20.3 Å². The van der Waals surface area contributed by atoms with Gasteiger partial charge in [0.05, 0.1) is 13.7 Å². The van der Waals surface area contributed by atoms with Gasteiger partial charge in [-0.15, -0.1) is 0 Å². The fraction of sp³-hybridized carbons (Fsp3) is 0.357. The summed E-state index contributed by atoms with van der Waals surface area (Å²) in [6.45, 7) is 3.05. The molecule has 0 unspecified atom stereocenters. The van der Waals surface area contributed by atoms with Crippen LogP contribution in [0.5, 0.6) is 11.8 Å². The molecule has 0 fully saturated rings. The van der Waals surface area contributed by atoms with Crippen molar-refractivity contribution in [1.82, 2.24) is 15.0 Å². The van der Waals surface area contributed by atoms with Crippen molar-refractivity contribution >= 4 is 17.5 Å². The quantitative estimate of drug-likeness (QED) is 0.848. The third-order valence-electron chi connectivity index (χ3n) is 2.65. The number of hydrogen-bond acceptors (Lipinski definition) is 6. The Morgan fingerprint density at radius 2 is 2.00 bits per heavy atom. The number of anilines is 1. The number of rotatable bonds is 7. The van der Waals surface area contributed by atoms with Gasteiger partial charge in [0.15, 0.2) is 0 Å². The second-order valence-corrected chi connectivity index (χ2v) is 4.56. The van der Waals surface area contributed by atoms with Crippen LogP contribution in [0.15, 0.2) is 24.3 Å². The molecule has 2 aromatic rings. The number of halogens is 1. The Labute approximate surface area is 128 Å². The second-order valence-electron chi connectivity index (χ2n) is 4.22. The molecule has 0 saturated heterocycles. The Bertz CT molecular complexity index is 595. The lowest BCUT2D eigenvalue weighted by Gasteiger charge is -2.10. The van der Waals surface area contributed by atoms with Gasteiger partial charge in [0.2, 0.25) is 11.2 Å². The van der Waals surface area contributed by atoms with Gasteiger partial charge in [-0.25, -0.2) is 0 Å². The fourth-order valence-corrected chi connectivity index (χ4v) is 1.84. The average Bonchev–Trinajstić information content (AvgIpc) is 2.50. The Hall–Kier alpha value is -2.08. The van der Waals surface area contributed by atoms with E-state index in [0.29, 0.717) is 19.1 Å². The van der Waals surface area contributed by atoms with E-state index in [9.17, 15) is 0 Å². The number of nitrogens with one attached hydrogen (secondary N) is 1. The Morgan fingerprint density at radius 3 is 2.76 bits per heavy atom. The number of hydrogen-bond donors (Lipinski definition) is 1. The maximum Gasteiger partial charge on any atom is 0.322 e. The maximum atomic E-state index is 5.86. The van der Waals surface area contributed by atoms with Gasteiger partial charge in [0.1, 0.15) is 5.75 Å². The van der Waals surface area contributed by atoms with Crippen LogP contribution in [0, 0.1) is 0 Å². The number of para-hydroxylation sites is 1. The number of benzene rings is 1. The van der Waals surface area contributed by atoms with Crippen molar-refractivity contribution in [2.45, 2.75) is 19.9 Å². The van der Waals surface area contributed by atoms with E-state index < -0.39 is 0 Å². The smallest absolute Gasteiger partial charge is 0.322 e. The third kappa shape index (κ3) is 4.46. The molecule has 1 aromatic carbocycles. The van der Waals surface area contributed by atoms with Crippen LogP contribution in [-0.2, 0) is 6.54 Å². The van der Waals surface area contributed by atoms with E-state index in [1.165, 1.54) is 0 Å². The van der Waals surface area contributed by atoms with Crippen molar-refractivity contribution in [2.75, 3.05) is 19.0 Å². The van der Waals surface area contributed by atoms with Gasteiger partial charge >= 0.3 is 6.01 Å². The molecule has 0 aliphatic carbocycles. The molecule has 21 heavy (non-hydrogen) atoms. The monoisotopic (exact) mass is 308 g/mol. The highest BCUT2D eigenvalue weighted by Gasteiger charge is 2.07. The van der Waals surface area contributed by atoms with Crippen molar-refractivity contribution in [1.29, 1.82) is 0 Å². The van der Waals surface area contributed by atoms with Crippen molar-refractivity contribution in [2.24, 2.45) is 0 Å². The van der Waals surface area contributed by atoms with Crippen LogP contribution in [0.3, 0.4) is 0 Å². The topological polar surface area (TPSA) is 69.2 Å². The first-order valence-electron chi connectivity index (χ1n) is 6.63. The van der Waals surface area contributed by atoms with Crippen molar-refractivity contribution in [3.63, 3.8) is 0 Å². The summed E-state index contributed by atoms with van der Waals surface area (Å²) in [5, 5.41) is 3.18. The molecule has 112 valence electrons. The van der Waals surface area contributed by atoms with Gasteiger partial charge in [-0.1, -0.05) is 25.1 Å². The molecule has 0 aliphatic rings. The highest BCUT2D eigenvalue weighted by Crippen LogP contribution is 2.19. The van der Waals surface area contributed by atoms with E-state index in [1.54, 1.807) is 7.11 Å². The van der Waals surface area contributed by atoms with E-state index in [1.807, 2.05) is 31.2 Å². The van der Waals surface area contributed by atoms with Crippen LogP contribution >= 0.6 is 11.6 Å². The summed E-state index contributed by atoms with van der Waals surface area (Å²) in [7, 11) is 1.63. The first-order chi connectivity index (χ1) is 10.2. The molecular formula is C14H17ClN4O2. The third-order valence-corrected chi connectivity index (χ3v) is 2.82. The van der Waals surface area contributed by atoms with E-state index in [-0.39, 0.29) is 11.3 Å². The Balaban J connectivity index is 2.07. The minimum atomic E-state index is 0.0960. The molecule has 7 heteroatoms. The lowest BCUT2D eigenvalue weighted by molar-refractivity contribution is 0.291. The maximum absolute atomic E-state index is 5.86. The molecule has 2 rings (SSSR count). The van der Waals surface area contributed by atoms with Gasteiger partial charge in [-0.2, -0.15) is 15.0 Å². The lowest BCUT2D eigenvalue weighted by atomic mass is 10.2. The number of methoxy groups -OCH3 is 1. The van der Waals surface area contributed by atoms with Gasteiger partial charge in [0, 0.05) is 12.1 Å². The minimum absolute atomic E-state index is 0.0960. The van der Waals surface area contributed by atoms with Crippen LogP contribution in [0.25, 0.3) is 0 Å². The zero-order valence-corrected chi connectivity index (χ0v) is 12.7. The Kier molecular flexibility index (Phi) is 5.57. The highest BCUT2D eigenvalue weighted by atomic mass is 35.5. The number of aromatic nitrogens is 3. The second kappa shape index (κ2) is 7.64. The molecule has 1 N–H and O–H groups in total. The molecule has 1 heterocycles. The van der Waals surface area contributed by atoms with Crippen molar-refractivity contribution < 1.29 is 9.47 Å². The molecule has 0 aliphatic heterocycles. The van der Waals surface area contributed by atoms with Crippen LogP contribution in [0.4, 0.5) is 5.95 Å². The Morgan fingerprint density at radius 1 is 1.19 bits per heavy atom. The van der Waals surface area contributed by atoms with E-state index in [4.69, 9.17) is 21.1 Å². The van der Waals surface area contributed by atoms with Gasteiger partial charge < -0.3 is 14.8 Å². The standard InChI is InChI=1S/C14H17ClN4O2/c1-3-8-21-14-18-12(15)17-13(19-14)16-9-10-6-4-5-7-11(10)20-2/h4-7H,3,8-9H2,1-2H3,(H,16,17,18,19). The van der Waals surface area contributed by atoms with Crippen LogP contribution < -0.4 is 14.8 Å². The van der Waals surface area contributed by atoms with Gasteiger partial charge in [-0.05, 0) is 24.1 Å². The minimum Gasteiger partial charge on any atom is -0.496 e. The van der Waals surface area contributed by atoms with E-state index in [0.717, 1.165) is 17.7 Å². The summed E-state index contributed by atoms with van der Waals surface area (Å²) < 4.78 is 10.7. The summed E-state index contributed by atoms with van der Waals surface area (Å²) in [4.78, 5) is 12.1. The molecule has 0 saturated carbocycles. The van der Waals surface area contributed by atoms with Crippen LogP contribution in [0.2, 0.25) is 5.28 Å². The fourth-order valence-electron chi connectivity index (χ4n) is 1.69. The molecule has 0 bridgehead atoms. The van der Waals surface area contributed by atoms with Gasteiger partial charge in [0.25, 0.3) is 0 Å². The van der Waals surface area contributed by atoms with Crippen molar-refractivity contribution in [3.8, 4) is 11.8 Å². The van der Waals surface area contributed by atoms with Crippen molar-refractivity contribution in [3.05, 3.63) is 35.1 Å². The zero-order chi connectivity index (χ0) is 15.1. The summed E-state index contributed by atoms with van der Waals surface area (Å²) in [6.07, 6.45) is 0.868. The molecule has 1 aromatic heterocycles. The number of ether oxygens (including phenoxy) is 2. The lowest BCUT2D eigenvalue weighted by Crippen LogP contribution is -2.08. The molecule has 0 spiro atoms. The predicted molar refractivity (Wildman–Crippen MR) is 80.9 cm³/mol. The normalized spacial score (nSPS) is 10.2. The molecular weight excluding hydrogens is 292 g/mol. The highest BCUT2D eigenvalue weighted by molar-refractivity contribution is 6.28. The van der Waals surface area contributed by atoms with E-state index >= 15 is 0 Å². The van der Waals surface area contributed by atoms with Crippen LogP contribution in [-0.4, -0.2) is 28.7 Å². The summed E-state index contributed by atoms with van der Waals surface area (Å²) in [5.74, 6) is 1.17. The van der Waals surface area contributed by atoms with Gasteiger partial charge in [-0.3, -0.25) is 0 Å². The largest absolute Gasteiger partial charge is 0.496 e. The average molecular weight is 309 g/mol.